The first-order valence-electron chi connectivity index (χ1n) is 10.3. The Kier molecular flexibility index (Phi) is 5.29. The van der Waals surface area contributed by atoms with E-state index in [1.165, 1.54) is 0 Å². The van der Waals surface area contributed by atoms with E-state index in [4.69, 9.17) is 16.3 Å². The zero-order valence-corrected chi connectivity index (χ0v) is 18.3. The first kappa shape index (κ1) is 20.2. The van der Waals surface area contributed by atoms with E-state index < -0.39 is 0 Å². The van der Waals surface area contributed by atoms with Gasteiger partial charge in [0.05, 0.1) is 6.54 Å². The van der Waals surface area contributed by atoms with Crippen LogP contribution in [0.1, 0.15) is 11.1 Å². The van der Waals surface area contributed by atoms with Crippen molar-refractivity contribution in [3.05, 3.63) is 108 Å². The summed E-state index contributed by atoms with van der Waals surface area (Å²) in [4.78, 5) is 4.18. The minimum absolute atomic E-state index is 0.267. The molecule has 5 heteroatoms. The Hall–Kier alpha value is -3.76. The van der Waals surface area contributed by atoms with Crippen molar-refractivity contribution < 1.29 is 9.84 Å². The predicted octanol–water partition coefficient (Wildman–Crippen LogP) is 7.21. The second kappa shape index (κ2) is 8.40. The zero-order chi connectivity index (χ0) is 22.1. The number of ether oxygens (including phenoxy) is 1. The van der Waals surface area contributed by atoms with Gasteiger partial charge in [0.2, 0.25) is 0 Å². The molecule has 0 spiro atoms. The highest BCUT2D eigenvalue weighted by Gasteiger charge is 2.13. The van der Waals surface area contributed by atoms with Crippen LogP contribution in [-0.4, -0.2) is 14.7 Å². The molecule has 5 aromatic rings. The Morgan fingerprint density at radius 3 is 2.38 bits per heavy atom. The molecule has 0 saturated heterocycles. The molecule has 158 valence electrons. The summed E-state index contributed by atoms with van der Waals surface area (Å²) in [6.07, 6.45) is 3.75. The van der Waals surface area contributed by atoms with Crippen LogP contribution in [0.4, 0.5) is 0 Å². The summed E-state index contributed by atoms with van der Waals surface area (Å²) >= 11 is 5.92. The molecule has 0 aliphatic rings. The molecule has 0 bridgehead atoms. The normalized spacial score (nSPS) is 11.1. The molecule has 0 saturated carbocycles. The van der Waals surface area contributed by atoms with Crippen molar-refractivity contribution in [2.24, 2.45) is 0 Å². The number of hydrogen-bond donors (Lipinski definition) is 1. The molecule has 0 amide bonds. The third kappa shape index (κ3) is 4.05. The van der Waals surface area contributed by atoms with E-state index in [0.29, 0.717) is 11.7 Å². The molecule has 5 rings (SSSR count). The van der Waals surface area contributed by atoms with Gasteiger partial charge in [-0.3, -0.25) is 0 Å². The Bertz CT molecular complexity index is 1380. The van der Waals surface area contributed by atoms with Crippen molar-refractivity contribution in [1.82, 2.24) is 9.55 Å². The number of halogens is 1. The number of aromatic nitrogens is 2. The van der Waals surface area contributed by atoms with Crippen molar-refractivity contribution in [2.75, 3.05) is 0 Å². The smallest absolute Gasteiger partial charge is 0.199 e. The fraction of sp³-hybridized carbons (Fsp3) is 0.0741. The molecular weight excluding hydrogens is 420 g/mol. The SMILES string of the molecule is Cc1cc(-c2ccc(Cl)nc2)cc2cn(Cc3ccc(Oc4ccccc4)cc3)c(O)c12. The molecule has 0 atom stereocenters. The molecule has 0 unspecified atom stereocenters. The van der Waals surface area contributed by atoms with Crippen LogP contribution in [0.15, 0.2) is 91.3 Å². The fourth-order valence-electron chi connectivity index (χ4n) is 3.91. The van der Waals surface area contributed by atoms with Crippen LogP contribution in [0.3, 0.4) is 0 Å². The van der Waals surface area contributed by atoms with E-state index in [2.05, 4.69) is 17.1 Å². The van der Waals surface area contributed by atoms with E-state index in [-0.39, 0.29) is 5.88 Å². The quantitative estimate of drug-likeness (QED) is 0.294. The minimum atomic E-state index is 0.267. The summed E-state index contributed by atoms with van der Waals surface area (Å²) in [5.41, 5.74) is 4.11. The van der Waals surface area contributed by atoms with E-state index in [1.54, 1.807) is 12.3 Å². The van der Waals surface area contributed by atoms with E-state index >= 15 is 0 Å². The van der Waals surface area contributed by atoms with Gasteiger partial charge < -0.3 is 14.4 Å². The zero-order valence-electron chi connectivity index (χ0n) is 17.5. The molecule has 2 heterocycles. The number of para-hydroxylation sites is 1. The van der Waals surface area contributed by atoms with Crippen molar-refractivity contribution in [3.63, 3.8) is 0 Å². The Morgan fingerprint density at radius 2 is 1.66 bits per heavy atom. The maximum atomic E-state index is 10.9. The number of fused-ring (bicyclic) bond motifs is 1. The van der Waals surface area contributed by atoms with Crippen LogP contribution in [0.5, 0.6) is 17.4 Å². The average molecular weight is 441 g/mol. The van der Waals surface area contributed by atoms with Gasteiger partial charge >= 0.3 is 0 Å². The first-order chi connectivity index (χ1) is 15.6. The van der Waals surface area contributed by atoms with Crippen molar-refractivity contribution in [3.8, 4) is 28.5 Å². The topological polar surface area (TPSA) is 47.3 Å². The van der Waals surface area contributed by atoms with Gasteiger partial charge in [0.15, 0.2) is 5.88 Å². The van der Waals surface area contributed by atoms with Crippen LogP contribution in [0.25, 0.3) is 21.9 Å². The van der Waals surface area contributed by atoms with Crippen LogP contribution in [0.2, 0.25) is 5.15 Å². The van der Waals surface area contributed by atoms with Gasteiger partial charge in [0.1, 0.15) is 16.7 Å². The summed E-state index contributed by atoms with van der Waals surface area (Å²) < 4.78 is 7.73. The molecule has 3 aromatic carbocycles. The first-order valence-corrected chi connectivity index (χ1v) is 10.7. The highest BCUT2D eigenvalue weighted by molar-refractivity contribution is 6.29. The lowest BCUT2D eigenvalue weighted by Gasteiger charge is -2.08. The summed E-state index contributed by atoms with van der Waals surface area (Å²) in [7, 11) is 0. The van der Waals surface area contributed by atoms with Gasteiger partial charge in [0, 0.05) is 28.7 Å². The van der Waals surface area contributed by atoms with Gasteiger partial charge in [-0.05, 0) is 66.1 Å². The minimum Gasteiger partial charge on any atom is -0.494 e. The highest BCUT2D eigenvalue weighted by atomic mass is 35.5. The second-order valence-electron chi connectivity index (χ2n) is 7.77. The van der Waals surface area contributed by atoms with Gasteiger partial charge in [-0.15, -0.1) is 0 Å². The molecule has 0 aliphatic heterocycles. The van der Waals surface area contributed by atoms with Crippen LogP contribution in [0, 0.1) is 6.92 Å². The Labute approximate surface area is 191 Å². The number of benzene rings is 3. The maximum Gasteiger partial charge on any atom is 0.199 e. The van der Waals surface area contributed by atoms with Gasteiger partial charge in [-0.2, -0.15) is 0 Å². The van der Waals surface area contributed by atoms with E-state index in [1.807, 2.05) is 78.4 Å². The van der Waals surface area contributed by atoms with Crippen LogP contribution < -0.4 is 4.74 Å². The molecular formula is C27H21ClN2O2. The van der Waals surface area contributed by atoms with Crippen molar-refractivity contribution in [1.29, 1.82) is 0 Å². The van der Waals surface area contributed by atoms with E-state index in [0.717, 1.165) is 44.5 Å². The van der Waals surface area contributed by atoms with Crippen LogP contribution >= 0.6 is 11.6 Å². The molecule has 1 N–H and O–H groups in total. The third-order valence-corrected chi connectivity index (χ3v) is 5.70. The number of aryl methyl sites for hydroxylation is 1. The number of pyridine rings is 1. The average Bonchev–Trinajstić information content (AvgIpc) is 3.12. The van der Waals surface area contributed by atoms with Gasteiger partial charge in [-0.1, -0.05) is 48.0 Å². The van der Waals surface area contributed by atoms with Crippen molar-refractivity contribution in [2.45, 2.75) is 13.5 Å². The lowest BCUT2D eigenvalue weighted by Crippen LogP contribution is -1.97. The molecule has 2 aromatic heterocycles. The van der Waals surface area contributed by atoms with E-state index in [9.17, 15) is 5.11 Å². The summed E-state index contributed by atoms with van der Waals surface area (Å²) in [5.74, 6) is 1.85. The Morgan fingerprint density at radius 1 is 0.906 bits per heavy atom. The van der Waals surface area contributed by atoms with Crippen LogP contribution in [-0.2, 0) is 6.54 Å². The lowest BCUT2D eigenvalue weighted by molar-refractivity contribution is 0.430. The molecule has 4 nitrogen and oxygen atoms in total. The fourth-order valence-corrected chi connectivity index (χ4v) is 4.02. The number of aromatic hydroxyl groups is 1. The standard InChI is InChI=1S/C27H21ClN2O2/c1-18-13-21(20-9-12-25(28)29-15-20)14-22-17-30(27(31)26(18)22)16-19-7-10-24(11-8-19)32-23-5-3-2-4-6-23/h2-15,17,31H,16H2,1H3. The largest absolute Gasteiger partial charge is 0.494 e. The molecule has 0 radical (unpaired) electrons. The molecule has 32 heavy (non-hydrogen) atoms. The summed E-state index contributed by atoms with van der Waals surface area (Å²) in [6.45, 7) is 2.57. The summed E-state index contributed by atoms with van der Waals surface area (Å²) in [6, 6.07) is 25.5. The number of nitrogens with zero attached hydrogens (tertiary/aromatic N) is 2. The Balaban J connectivity index is 1.41. The predicted molar refractivity (Wildman–Crippen MR) is 129 cm³/mol. The molecule has 0 aliphatic carbocycles. The second-order valence-corrected chi connectivity index (χ2v) is 8.15. The van der Waals surface area contributed by atoms with Gasteiger partial charge in [0.25, 0.3) is 0 Å². The molecule has 0 fully saturated rings. The number of hydrogen-bond acceptors (Lipinski definition) is 3. The van der Waals surface area contributed by atoms with Crippen molar-refractivity contribution >= 4 is 22.4 Å². The third-order valence-electron chi connectivity index (χ3n) is 5.47. The monoisotopic (exact) mass is 440 g/mol. The lowest BCUT2D eigenvalue weighted by atomic mass is 10.0. The number of rotatable bonds is 5. The van der Waals surface area contributed by atoms with Gasteiger partial charge in [-0.25, -0.2) is 4.98 Å². The maximum absolute atomic E-state index is 10.9. The highest BCUT2D eigenvalue weighted by Crippen LogP contribution is 2.35. The summed E-state index contributed by atoms with van der Waals surface area (Å²) in [5, 5.41) is 13.2.